The molecule has 0 bridgehead atoms. The van der Waals surface area contributed by atoms with Gasteiger partial charge in [0.1, 0.15) is 12.1 Å². The molecule has 376 valence electrons. The third-order valence-electron chi connectivity index (χ3n) is 14.4. The van der Waals surface area contributed by atoms with Crippen molar-refractivity contribution in [2.45, 2.75) is 111 Å². The lowest BCUT2D eigenvalue weighted by atomic mass is 9.83. The van der Waals surface area contributed by atoms with Crippen LogP contribution in [0.4, 0.5) is 0 Å². The van der Waals surface area contributed by atoms with Crippen LogP contribution in [0.3, 0.4) is 0 Å². The van der Waals surface area contributed by atoms with E-state index in [1.54, 1.807) is 24.1 Å². The minimum Gasteiger partial charge on any atom is -0.465 e. The number of hydrogen-bond donors (Lipinski definition) is 3. The maximum absolute atomic E-state index is 14.5. The van der Waals surface area contributed by atoms with Crippen LogP contribution >= 0.6 is 0 Å². The van der Waals surface area contributed by atoms with Crippen LogP contribution in [0, 0.1) is 17.3 Å². The summed E-state index contributed by atoms with van der Waals surface area (Å²) in [5.41, 5.74) is 11.9. The Morgan fingerprint density at radius 3 is 2.43 bits per heavy atom. The van der Waals surface area contributed by atoms with Crippen molar-refractivity contribution in [3.05, 3.63) is 89.8 Å². The molecule has 70 heavy (non-hydrogen) atoms. The molecular weight excluding hydrogens is 885 g/mol. The van der Waals surface area contributed by atoms with Crippen molar-refractivity contribution in [3.63, 3.8) is 0 Å². The van der Waals surface area contributed by atoms with Crippen LogP contribution < -0.4 is 16.1 Å². The van der Waals surface area contributed by atoms with E-state index < -0.39 is 29.3 Å². The summed E-state index contributed by atoms with van der Waals surface area (Å²) in [5, 5.41) is 9.21. The summed E-state index contributed by atoms with van der Waals surface area (Å²) in [7, 11) is 3.35. The molecule has 3 fully saturated rings. The van der Waals surface area contributed by atoms with Gasteiger partial charge in [0.15, 0.2) is 0 Å². The molecule has 15 heteroatoms. The number of hydrogen-bond acceptors (Lipinski definition) is 10. The maximum Gasteiger partial charge on any atom is 0.302 e. The van der Waals surface area contributed by atoms with Crippen LogP contribution in [0.25, 0.3) is 33.3 Å². The van der Waals surface area contributed by atoms with Crippen molar-refractivity contribution in [1.29, 1.82) is 0 Å². The fraction of sp³-hybridized carbons (Fsp3) is 0.527. The van der Waals surface area contributed by atoms with E-state index >= 15 is 0 Å². The zero-order valence-electron chi connectivity index (χ0n) is 42.7. The highest BCUT2D eigenvalue weighted by molar-refractivity contribution is 5.96. The summed E-state index contributed by atoms with van der Waals surface area (Å²) in [4.78, 5) is 75.4. The van der Waals surface area contributed by atoms with E-state index in [0.717, 1.165) is 76.0 Å². The first-order valence-electron chi connectivity index (χ1n) is 25.1. The van der Waals surface area contributed by atoms with Gasteiger partial charge in [-0.2, -0.15) is 0 Å². The molecule has 3 aliphatic rings. The van der Waals surface area contributed by atoms with Crippen molar-refractivity contribution < 1.29 is 33.4 Å². The van der Waals surface area contributed by atoms with Crippen molar-refractivity contribution in [2.24, 2.45) is 17.3 Å². The van der Waals surface area contributed by atoms with Gasteiger partial charge in [-0.05, 0) is 97.5 Å². The number of benzene rings is 2. The highest BCUT2D eigenvalue weighted by Crippen LogP contribution is 2.43. The van der Waals surface area contributed by atoms with Gasteiger partial charge in [-0.3, -0.25) is 34.0 Å². The highest BCUT2D eigenvalue weighted by atomic mass is 16.5. The van der Waals surface area contributed by atoms with Crippen LogP contribution in [0.5, 0.6) is 0 Å². The van der Waals surface area contributed by atoms with Gasteiger partial charge in [-0.15, -0.1) is 0 Å². The van der Waals surface area contributed by atoms with Crippen molar-refractivity contribution in [3.8, 4) is 22.4 Å². The molecule has 2 aromatic carbocycles. The lowest BCUT2D eigenvalue weighted by Crippen LogP contribution is -2.59. The second kappa shape index (κ2) is 22.5. The Labute approximate surface area is 413 Å². The number of carbonyl (C=O) groups excluding carboxylic acids is 5. The number of fused-ring (bicyclic) bond motifs is 1. The lowest BCUT2D eigenvalue weighted by molar-refractivity contribution is -0.146. The zero-order valence-corrected chi connectivity index (χ0v) is 42.7. The third kappa shape index (κ3) is 11.5. The monoisotopic (exact) mass is 959 g/mol. The molecule has 7 rings (SSSR count). The third-order valence-corrected chi connectivity index (χ3v) is 14.4. The Kier molecular flexibility index (Phi) is 16.7. The van der Waals surface area contributed by atoms with Gasteiger partial charge in [0.05, 0.1) is 30.0 Å². The number of nitrogens with one attached hydrogen (secondary N) is 3. The zero-order chi connectivity index (χ0) is 50.4. The van der Waals surface area contributed by atoms with E-state index in [0.29, 0.717) is 44.9 Å². The van der Waals surface area contributed by atoms with Gasteiger partial charge in [0.2, 0.25) is 17.7 Å². The standard InChI is InChI=1S/C55H74N8O7/c1-11-48(65)61-23-20-40(32-61)53(67)60(9)50(34(3)4)52(66)59-46(54(68)63-22-14-13-21-58-63)25-37-16-15-17-38(24-37)39-18-19-47-43(26-39)45(28-55(7,8)33-70-36(6)64)51(62(47)12-2)44-27-41(42-29-56-30-42)31-57-49(44)35(5)69-10/h11,15-19,24,26-27,31,34-35,40,42,46,50,56,58H,1,12-14,20-23,25,28-30,32-33H2,2-10H3,(H,59,66)/t35-,40?,46-,50-/m0/s1. The molecule has 3 N–H and O–H groups in total. The number of pyridine rings is 1. The Morgan fingerprint density at radius 1 is 1.03 bits per heavy atom. The van der Waals surface area contributed by atoms with E-state index in [9.17, 15) is 24.0 Å². The minimum absolute atomic E-state index is 0.211. The Morgan fingerprint density at radius 2 is 1.79 bits per heavy atom. The minimum atomic E-state index is -0.927. The summed E-state index contributed by atoms with van der Waals surface area (Å²) in [6, 6.07) is 15.2. The number of methoxy groups -OCH3 is 1. The molecule has 5 heterocycles. The van der Waals surface area contributed by atoms with Crippen LogP contribution in [0.1, 0.15) is 102 Å². The molecule has 4 aromatic rings. The fourth-order valence-electron chi connectivity index (χ4n) is 10.4. The largest absolute Gasteiger partial charge is 0.465 e. The van der Waals surface area contributed by atoms with E-state index in [1.165, 1.54) is 23.5 Å². The predicted molar refractivity (Wildman–Crippen MR) is 272 cm³/mol. The molecule has 4 amide bonds. The molecule has 3 aliphatic heterocycles. The normalized spacial score (nSPS) is 17.8. The number of esters is 1. The van der Waals surface area contributed by atoms with E-state index in [-0.39, 0.29) is 55.3 Å². The van der Waals surface area contributed by atoms with E-state index in [1.807, 2.05) is 39.1 Å². The topological polar surface area (TPSA) is 167 Å². The van der Waals surface area contributed by atoms with Gasteiger partial charge in [0, 0.05) is 107 Å². The SMILES string of the molecule is C=CC(=O)N1CCC(C(=O)N(C)[C@H](C(=O)N[C@@H](Cc2cccc(-c3ccc4c(c3)c(CC(C)(C)COC(C)=O)c(-c3cc(C5CNC5)cnc3[C@H](C)OC)n4CC)c2)C(=O)N2CCCCN2)C(C)C)C1. The second-order valence-electron chi connectivity index (χ2n) is 20.5. The maximum atomic E-state index is 14.5. The molecule has 0 spiro atoms. The number of nitrogens with zero attached hydrogens (tertiary/aromatic N) is 5. The fourth-order valence-corrected chi connectivity index (χ4v) is 10.4. The molecule has 0 radical (unpaired) electrons. The highest BCUT2D eigenvalue weighted by Gasteiger charge is 2.39. The summed E-state index contributed by atoms with van der Waals surface area (Å²) in [5.74, 6) is -1.74. The molecule has 1 unspecified atom stereocenters. The first kappa shape index (κ1) is 51.9. The first-order valence-corrected chi connectivity index (χ1v) is 25.1. The first-order chi connectivity index (χ1) is 33.4. The molecule has 0 aliphatic carbocycles. The number of amides is 4. The van der Waals surface area contributed by atoms with E-state index in [4.69, 9.17) is 14.5 Å². The lowest BCUT2D eigenvalue weighted by Gasteiger charge is -2.35. The Balaban J connectivity index is 1.25. The smallest absolute Gasteiger partial charge is 0.302 e. The summed E-state index contributed by atoms with van der Waals surface area (Å²) in [6.45, 7) is 21.9. The van der Waals surface area contributed by atoms with Crippen LogP contribution in [-0.2, 0) is 52.8 Å². The van der Waals surface area contributed by atoms with Crippen molar-refractivity contribution in [2.75, 3.05) is 60.0 Å². The summed E-state index contributed by atoms with van der Waals surface area (Å²) in [6.07, 6.45) is 6.08. The summed E-state index contributed by atoms with van der Waals surface area (Å²) >= 11 is 0. The van der Waals surface area contributed by atoms with Crippen molar-refractivity contribution in [1.82, 2.24) is 40.4 Å². The van der Waals surface area contributed by atoms with Gasteiger partial charge in [0.25, 0.3) is 5.91 Å². The molecule has 15 nitrogen and oxygen atoms in total. The Bertz CT molecular complexity index is 2580. The average Bonchev–Trinajstić information content (AvgIpc) is 3.95. The van der Waals surface area contributed by atoms with Crippen molar-refractivity contribution >= 4 is 40.5 Å². The molecule has 2 aromatic heterocycles. The van der Waals surface area contributed by atoms with Crippen LogP contribution in [-0.4, -0.2) is 126 Å². The summed E-state index contributed by atoms with van der Waals surface area (Å²) < 4.78 is 13.9. The van der Waals surface area contributed by atoms with E-state index in [2.05, 4.69) is 84.4 Å². The number of likely N-dealkylation sites (N-methyl/N-ethyl adjacent to an activating group) is 1. The molecule has 0 saturated carbocycles. The Hall–Kier alpha value is -5.90. The number of carbonyl (C=O) groups is 5. The molecule has 4 atom stereocenters. The van der Waals surface area contributed by atoms with Crippen LogP contribution in [0.15, 0.2) is 67.4 Å². The average molecular weight is 959 g/mol. The van der Waals surface area contributed by atoms with Gasteiger partial charge < -0.3 is 34.5 Å². The second-order valence-corrected chi connectivity index (χ2v) is 20.5. The predicted octanol–water partition coefficient (Wildman–Crippen LogP) is 6.59. The number of aryl methyl sites for hydroxylation is 1. The van der Waals surface area contributed by atoms with Crippen LogP contribution in [0.2, 0.25) is 0 Å². The number of aromatic nitrogens is 2. The van der Waals surface area contributed by atoms with Gasteiger partial charge in [-0.1, -0.05) is 64.6 Å². The molecular formula is C55H74N8O7. The number of likely N-dealkylation sites (tertiary alicyclic amines) is 1. The quantitative estimate of drug-likeness (QED) is 0.0690. The number of hydrazine groups is 1. The van der Waals surface area contributed by atoms with Gasteiger partial charge >= 0.3 is 5.97 Å². The molecule has 3 saturated heterocycles. The number of ether oxygens (including phenoxy) is 2. The van der Waals surface area contributed by atoms with Gasteiger partial charge in [-0.25, -0.2) is 5.43 Å². The number of rotatable bonds is 19.